The van der Waals surface area contributed by atoms with Gasteiger partial charge in [0.15, 0.2) is 5.79 Å². The number of carbonyl (C=O) groups excluding carboxylic acids is 1. The highest BCUT2D eigenvalue weighted by molar-refractivity contribution is 5.88. The van der Waals surface area contributed by atoms with Gasteiger partial charge in [0.25, 0.3) is 0 Å². The van der Waals surface area contributed by atoms with Crippen LogP contribution in [0.2, 0.25) is 0 Å². The van der Waals surface area contributed by atoms with E-state index in [9.17, 15) is 9.90 Å². The first kappa shape index (κ1) is 23.2. The molecule has 1 aliphatic carbocycles. The van der Waals surface area contributed by atoms with Crippen LogP contribution in [0.4, 0.5) is 0 Å². The van der Waals surface area contributed by atoms with Crippen LogP contribution in [0.25, 0.3) is 0 Å². The highest BCUT2D eigenvalue weighted by atomic mass is 16.7. The van der Waals surface area contributed by atoms with E-state index in [4.69, 9.17) is 9.47 Å². The Morgan fingerprint density at radius 1 is 1.00 bits per heavy atom. The van der Waals surface area contributed by atoms with Crippen molar-refractivity contribution in [3.05, 3.63) is 83.4 Å². The quantitative estimate of drug-likeness (QED) is 0.478. The zero-order valence-electron chi connectivity index (χ0n) is 18.5. The lowest BCUT2D eigenvalue weighted by Crippen LogP contribution is -2.44. The van der Waals surface area contributed by atoms with Crippen LogP contribution in [0.15, 0.2) is 72.3 Å². The second-order valence-corrected chi connectivity index (χ2v) is 8.01. The number of nitrogens with zero attached hydrogens (tertiary/aromatic N) is 1. The summed E-state index contributed by atoms with van der Waals surface area (Å²) < 4.78 is 12.7. The first-order valence-electron chi connectivity index (χ1n) is 11.1. The van der Waals surface area contributed by atoms with Crippen molar-refractivity contribution in [2.45, 2.75) is 58.2 Å². The molecular formula is C26H33NO4. The third-order valence-corrected chi connectivity index (χ3v) is 5.63. The Morgan fingerprint density at radius 3 is 2.00 bits per heavy atom. The van der Waals surface area contributed by atoms with E-state index in [1.54, 1.807) is 11.0 Å². The van der Waals surface area contributed by atoms with Gasteiger partial charge in [-0.25, -0.2) is 0 Å². The van der Waals surface area contributed by atoms with Gasteiger partial charge in [-0.1, -0.05) is 66.2 Å². The number of rotatable bonds is 9. The minimum absolute atomic E-state index is 0.0332. The first-order chi connectivity index (χ1) is 15.0. The van der Waals surface area contributed by atoms with E-state index < -0.39 is 11.9 Å². The lowest BCUT2D eigenvalue weighted by atomic mass is 9.86. The summed E-state index contributed by atoms with van der Waals surface area (Å²) >= 11 is 0. The largest absolute Gasteiger partial charge is 0.393 e. The predicted octanol–water partition coefficient (Wildman–Crippen LogP) is 4.46. The molecule has 1 amide bonds. The molecule has 5 heteroatoms. The van der Waals surface area contributed by atoms with E-state index in [0.29, 0.717) is 45.6 Å². The van der Waals surface area contributed by atoms with Gasteiger partial charge in [0, 0.05) is 32.0 Å². The predicted molar refractivity (Wildman–Crippen MR) is 121 cm³/mol. The van der Waals surface area contributed by atoms with Gasteiger partial charge >= 0.3 is 0 Å². The van der Waals surface area contributed by atoms with E-state index >= 15 is 0 Å². The van der Waals surface area contributed by atoms with E-state index in [0.717, 1.165) is 16.7 Å². The van der Waals surface area contributed by atoms with E-state index in [1.165, 1.54) is 0 Å². The molecule has 31 heavy (non-hydrogen) atoms. The van der Waals surface area contributed by atoms with Gasteiger partial charge in [0.05, 0.1) is 19.3 Å². The Balaban J connectivity index is 1.81. The number of hydrogen-bond acceptors (Lipinski definition) is 4. The average molecular weight is 424 g/mol. The van der Waals surface area contributed by atoms with E-state index in [-0.39, 0.29) is 5.91 Å². The van der Waals surface area contributed by atoms with E-state index in [2.05, 4.69) is 0 Å². The van der Waals surface area contributed by atoms with Gasteiger partial charge < -0.3 is 19.5 Å². The summed E-state index contributed by atoms with van der Waals surface area (Å²) in [6.07, 6.45) is 2.30. The summed E-state index contributed by atoms with van der Waals surface area (Å²) in [7, 11) is 0. The highest BCUT2D eigenvalue weighted by Crippen LogP contribution is 2.38. The van der Waals surface area contributed by atoms with Crippen molar-refractivity contribution >= 4 is 5.91 Å². The summed E-state index contributed by atoms with van der Waals surface area (Å²) in [5.41, 5.74) is 2.93. The Morgan fingerprint density at radius 2 is 1.52 bits per heavy atom. The molecule has 1 fully saturated rings. The van der Waals surface area contributed by atoms with Crippen molar-refractivity contribution in [3.8, 4) is 0 Å². The number of ether oxygens (including phenoxy) is 2. The maximum Gasteiger partial charge on any atom is 0.246 e. The number of hydrogen-bond donors (Lipinski definition) is 1. The summed E-state index contributed by atoms with van der Waals surface area (Å²) in [5.74, 6) is -1.02. The van der Waals surface area contributed by atoms with Crippen LogP contribution >= 0.6 is 0 Å². The standard InChI is InChI=1S/C26H33NO4/c1-3-27(4-2)25(29)16-23-15-24(28)18-26(17-23,30-19-21-11-7-5-8-12-21)31-20-22-13-9-6-10-14-22/h5-14,16,24,28H,3-4,15,17-20H2,1-2H3/b23-16-. The molecule has 2 aromatic carbocycles. The van der Waals surface area contributed by atoms with Crippen LogP contribution in [0.1, 0.15) is 44.2 Å². The molecule has 0 saturated heterocycles. The number of aliphatic hydroxyl groups excluding tert-OH is 1. The fourth-order valence-corrected chi connectivity index (χ4v) is 3.98. The molecule has 0 aromatic heterocycles. The minimum atomic E-state index is -0.987. The number of aliphatic hydroxyl groups is 1. The zero-order valence-corrected chi connectivity index (χ0v) is 18.5. The molecule has 5 nitrogen and oxygen atoms in total. The van der Waals surface area contributed by atoms with Crippen LogP contribution in [0.5, 0.6) is 0 Å². The van der Waals surface area contributed by atoms with Crippen molar-refractivity contribution in [3.63, 3.8) is 0 Å². The fourth-order valence-electron chi connectivity index (χ4n) is 3.98. The summed E-state index contributed by atoms with van der Waals surface area (Å²) in [6.45, 7) is 5.99. The van der Waals surface area contributed by atoms with Crippen molar-refractivity contribution in [1.82, 2.24) is 4.90 Å². The zero-order chi connectivity index (χ0) is 22.1. The number of likely N-dealkylation sites (N-methyl/N-ethyl adjacent to an activating group) is 1. The number of carbonyl (C=O) groups is 1. The highest BCUT2D eigenvalue weighted by Gasteiger charge is 2.40. The summed E-state index contributed by atoms with van der Waals surface area (Å²) in [5, 5.41) is 10.6. The Bertz CT molecular complexity index is 803. The molecule has 1 aliphatic rings. The van der Waals surface area contributed by atoms with Crippen molar-refractivity contribution in [2.75, 3.05) is 13.1 Å². The third-order valence-electron chi connectivity index (χ3n) is 5.63. The van der Waals surface area contributed by atoms with Gasteiger partial charge in [-0.3, -0.25) is 4.79 Å². The monoisotopic (exact) mass is 423 g/mol. The summed E-state index contributed by atoms with van der Waals surface area (Å²) in [4.78, 5) is 14.4. The second kappa shape index (κ2) is 11.2. The molecule has 1 atom stereocenters. The molecule has 1 unspecified atom stereocenters. The van der Waals surface area contributed by atoms with Crippen LogP contribution < -0.4 is 0 Å². The topological polar surface area (TPSA) is 59.0 Å². The molecule has 0 aliphatic heterocycles. The molecule has 166 valence electrons. The summed E-state index contributed by atoms with van der Waals surface area (Å²) in [6, 6.07) is 19.8. The molecule has 0 bridgehead atoms. The Labute approximate surface area is 185 Å². The molecular weight excluding hydrogens is 390 g/mol. The van der Waals surface area contributed by atoms with Crippen LogP contribution in [-0.4, -0.2) is 40.9 Å². The Hall–Kier alpha value is -2.47. The van der Waals surface area contributed by atoms with Gasteiger partial charge in [0.1, 0.15) is 0 Å². The molecule has 1 saturated carbocycles. The maximum atomic E-state index is 12.6. The average Bonchev–Trinajstić information content (AvgIpc) is 2.78. The normalized spacial score (nSPS) is 19.3. The number of amides is 1. The molecule has 0 heterocycles. The molecule has 2 aromatic rings. The molecule has 1 N–H and O–H groups in total. The Kier molecular flexibility index (Phi) is 8.41. The molecule has 3 rings (SSSR count). The van der Waals surface area contributed by atoms with Crippen LogP contribution in [-0.2, 0) is 27.5 Å². The fraction of sp³-hybridized carbons (Fsp3) is 0.423. The smallest absolute Gasteiger partial charge is 0.246 e. The second-order valence-electron chi connectivity index (χ2n) is 8.01. The maximum absolute atomic E-state index is 12.6. The van der Waals surface area contributed by atoms with Crippen LogP contribution in [0, 0.1) is 0 Å². The molecule has 0 spiro atoms. The number of benzene rings is 2. The minimum Gasteiger partial charge on any atom is -0.393 e. The van der Waals surface area contributed by atoms with E-state index in [1.807, 2.05) is 74.5 Å². The van der Waals surface area contributed by atoms with Gasteiger partial charge in [-0.2, -0.15) is 0 Å². The lowest BCUT2D eigenvalue weighted by Gasteiger charge is -2.40. The van der Waals surface area contributed by atoms with Gasteiger partial charge in [0.2, 0.25) is 5.91 Å². The lowest BCUT2D eigenvalue weighted by molar-refractivity contribution is -0.268. The van der Waals surface area contributed by atoms with Crippen molar-refractivity contribution in [1.29, 1.82) is 0 Å². The van der Waals surface area contributed by atoms with Gasteiger partial charge in [-0.05, 0) is 31.4 Å². The SMILES string of the molecule is CCN(CC)C(=O)/C=C1/CC(O)CC(OCc2ccccc2)(OCc2ccccc2)C1. The first-order valence-corrected chi connectivity index (χ1v) is 11.1. The van der Waals surface area contributed by atoms with Crippen LogP contribution in [0.3, 0.4) is 0 Å². The third kappa shape index (κ3) is 6.76. The molecule has 0 radical (unpaired) electrons. The van der Waals surface area contributed by atoms with Crippen molar-refractivity contribution < 1.29 is 19.4 Å². The van der Waals surface area contributed by atoms with Crippen molar-refractivity contribution in [2.24, 2.45) is 0 Å². The van der Waals surface area contributed by atoms with Gasteiger partial charge in [-0.15, -0.1) is 0 Å².